The Hall–Kier alpha value is -4.30. The van der Waals surface area contributed by atoms with Crippen LogP contribution in [0.1, 0.15) is 51.4 Å². The Kier molecular flexibility index (Phi) is 6.50. The van der Waals surface area contributed by atoms with Gasteiger partial charge < -0.3 is 0 Å². The van der Waals surface area contributed by atoms with Gasteiger partial charge in [-0.25, -0.2) is 0 Å². The van der Waals surface area contributed by atoms with Gasteiger partial charge in [-0.15, -0.1) is 0 Å². The van der Waals surface area contributed by atoms with E-state index < -0.39 is 0 Å². The average Bonchev–Trinajstić information content (AvgIpc) is 2.96. The Balaban J connectivity index is 1.26. The highest BCUT2D eigenvalue weighted by Gasteiger charge is 2.22. The molecule has 40 heavy (non-hydrogen) atoms. The number of hydrogen-bond donors (Lipinski definition) is 0. The molecule has 0 amide bonds. The standard InChI is InChI=1S/C38H36N2/c1-37(2,3)35-24-33(32-12-6-7-14-34(32)40-35)28-17-15-26(16-18-28)25-38(4,5)30-21-19-27(20-22-30)31-13-8-10-29-11-9-23-39-36(29)31/h6-24H,25H2,1-5H3. The quantitative estimate of drug-likeness (QED) is 0.226. The minimum absolute atomic E-state index is 0.000178. The second-order valence-corrected chi connectivity index (χ2v) is 12.5. The smallest absolute Gasteiger partial charge is 0.0780 e. The summed E-state index contributed by atoms with van der Waals surface area (Å²) in [5.41, 5.74) is 10.7. The van der Waals surface area contributed by atoms with Gasteiger partial charge in [-0.2, -0.15) is 0 Å². The monoisotopic (exact) mass is 520 g/mol. The number of rotatable bonds is 5. The van der Waals surface area contributed by atoms with Crippen molar-refractivity contribution in [3.8, 4) is 22.3 Å². The zero-order valence-corrected chi connectivity index (χ0v) is 24.1. The SMILES string of the molecule is CC(C)(C)c1cc(-c2ccc(CC(C)(C)c3ccc(-c4cccc5cccnc45)cc3)cc2)c2ccccc2n1. The van der Waals surface area contributed by atoms with Crippen LogP contribution in [-0.2, 0) is 17.3 Å². The van der Waals surface area contributed by atoms with Crippen LogP contribution in [0.2, 0.25) is 0 Å². The van der Waals surface area contributed by atoms with Crippen LogP contribution in [0.15, 0.2) is 115 Å². The summed E-state index contributed by atoms with van der Waals surface area (Å²) in [5, 5.41) is 2.37. The van der Waals surface area contributed by atoms with Crippen molar-refractivity contribution in [3.63, 3.8) is 0 Å². The maximum absolute atomic E-state index is 4.97. The summed E-state index contributed by atoms with van der Waals surface area (Å²) in [6.45, 7) is 11.3. The molecule has 2 nitrogen and oxygen atoms in total. The molecule has 2 heteroatoms. The van der Waals surface area contributed by atoms with Crippen molar-refractivity contribution in [1.29, 1.82) is 0 Å². The van der Waals surface area contributed by atoms with E-state index in [2.05, 4.69) is 143 Å². The van der Waals surface area contributed by atoms with Crippen LogP contribution in [0.4, 0.5) is 0 Å². The Labute approximate surface area is 237 Å². The van der Waals surface area contributed by atoms with Crippen LogP contribution in [0.5, 0.6) is 0 Å². The minimum Gasteiger partial charge on any atom is -0.256 e. The van der Waals surface area contributed by atoms with E-state index in [4.69, 9.17) is 4.98 Å². The molecule has 6 rings (SSSR count). The van der Waals surface area contributed by atoms with Crippen molar-refractivity contribution in [2.45, 2.75) is 51.9 Å². The van der Waals surface area contributed by atoms with E-state index in [1.165, 1.54) is 44.2 Å². The topological polar surface area (TPSA) is 25.8 Å². The van der Waals surface area contributed by atoms with Crippen molar-refractivity contribution >= 4 is 21.8 Å². The average molecular weight is 521 g/mol. The van der Waals surface area contributed by atoms with Crippen molar-refractivity contribution in [3.05, 3.63) is 132 Å². The van der Waals surface area contributed by atoms with Gasteiger partial charge in [0.15, 0.2) is 0 Å². The van der Waals surface area contributed by atoms with Gasteiger partial charge in [-0.1, -0.05) is 126 Å². The molecule has 0 bridgehead atoms. The summed E-state index contributed by atoms with van der Waals surface area (Å²) in [4.78, 5) is 9.61. The third kappa shape index (κ3) is 5.02. The van der Waals surface area contributed by atoms with E-state index in [0.717, 1.165) is 23.1 Å². The molecule has 0 fully saturated rings. The zero-order chi connectivity index (χ0) is 27.9. The van der Waals surface area contributed by atoms with Gasteiger partial charge in [0.1, 0.15) is 0 Å². The first-order chi connectivity index (χ1) is 19.2. The predicted octanol–water partition coefficient (Wildman–Crippen LogP) is 9.93. The van der Waals surface area contributed by atoms with Crippen molar-refractivity contribution in [2.75, 3.05) is 0 Å². The summed E-state index contributed by atoms with van der Waals surface area (Å²) in [5.74, 6) is 0. The second kappa shape index (κ2) is 10.0. The molecule has 0 aliphatic rings. The maximum atomic E-state index is 4.97. The second-order valence-electron chi connectivity index (χ2n) is 12.5. The molecule has 198 valence electrons. The lowest BCUT2D eigenvalue weighted by Crippen LogP contribution is -2.20. The van der Waals surface area contributed by atoms with Gasteiger partial charge in [0.2, 0.25) is 0 Å². The number of para-hydroxylation sites is 2. The van der Waals surface area contributed by atoms with Crippen molar-refractivity contribution < 1.29 is 0 Å². The molecule has 0 N–H and O–H groups in total. The van der Waals surface area contributed by atoms with E-state index >= 15 is 0 Å². The Bertz CT molecular complexity index is 1800. The first-order valence-corrected chi connectivity index (χ1v) is 14.1. The molecule has 0 aliphatic heterocycles. The minimum atomic E-state index is -0.0115. The van der Waals surface area contributed by atoms with Crippen molar-refractivity contribution in [2.24, 2.45) is 0 Å². The molecule has 0 aliphatic carbocycles. The van der Waals surface area contributed by atoms with Gasteiger partial charge in [0.05, 0.1) is 11.0 Å². The number of nitrogens with zero attached hydrogens (tertiary/aromatic N) is 2. The molecule has 0 radical (unpaired) electrons. The van der Waals surface area contributed by atoms with Gasteiger partial charge >= 0.3 is 0 Å². The fraction of sp³-hybridized carbons (Fsp3) is 0.211. The summed E-state index contributed by atoms with van der Waals surface area (Å²) in [6, 6.07) is 39.4. The van der Waals surface area contributed by atoms with E-state index in [9.17, 15) is 0 Å². The Morgan fingerprint density at radius 2 is 1.30 bits per heavy atom. The molecule has 6 aromatic rings. The van der Waals surface area contributed by atoms with Gasteiger partial charge in [-0.3, -0.25) is 9.97 Å². The molecule has 2 heterocycles. The summed E-state index contributed by atoms with van der Waals surface area (Å²) >= 11 is 0. The van der Waals surface area contributed by atoms with Crippen LogP contribution >= 0.6 is 0 Å². The lowest BCUT2D eigenvalue weighted by molar-refractivity contribution is 0.522. The third-order valence-electron chi connectivity index (χ3n) is 8.01. The Morgan fingerprint density at radius 3 is 2.05 bits per heavy atom. The third-order valence-corrected chi connectivity index (χ3v) is 8.01. The molecule has 0 spiro atoms. The van der Waals surface area contributed by atoms with Crippen LogP contribution in [0.3, 0.4) is 0 Å². The molecule has 2 aromatic heterocycles. The lowest BCUT2D eigenvalue weighted by atomic mass is 9.78. The van der Waals surface area contributed by atoms with Crippen LogP contribution in [0, 0.1) is 0 Å². The molecule has 0 unspecified atom stereocenters. The van der Waals surface area contributed by atoms with Crippen LogP contribution in [0.25, 0.3) is 44.1 Å². The summed E-state index contributed by atoms with van der Waals surface area (Å²) in [7, 11) is 0. The molecule has 0 saturated heterocycles. The van der Waals surface area contributed by atoms with E-state index in [-0.39, 0.29) is 10.8 Å². The van der Waals surface area contributed by atoms with Crippen LogP contribution in [-0.4, -0.2) is 9.97 Å². The number of pyridine rings is 2. The number of benzene rings is 4. The summed E-state index contributed by atoms with van der Waals surface area (Å²) < 4.78 is 0. The van der Waals surface area contributed by atoms with E-state index in [1.807, 2.05) is 12.3 Å². The molecule has 0 atom stereocenters. The molecular weight excluding hydrogens is 484 g/mol. The van der Waals surface area contributed by atoms with Gasteiger partial charge in [0.25, 0.3) is 0 Å². The first-order valence-electron chi connectivity index (χ1n) is 14.1. The highest BCUT2D eigenvalue weighted by molar-refractivity contribution is 5.95. The first kappa shape index (κ1) is 26.0. The lowest BCUT2D eigenvalue weighted by Gasteiger charge is -2.26. The Morgan fingerprint density at radius 1 is 0.625 bits per heavy atom. The number of fused-ring (bicyclic) bond motifs is 2. The molecule has 4 aromatic carbocycles. The van der Waals surface area contributed by atoms with E-state index in [1.54, 1.807) is 0 Å². The molecular formula is C38H36N2. The predicted molar refractivity (Wildman–Crippen MR) is 170 cm³/mol. The highest BCUT2D eigenvalue weighted by Crippen LogP contribution is 2.35. The van der Waals surface area contributed by atoms with Gasteiger partial charge in [0, 0.05) is 33.6 Å². The molecule has 0 saturated carbocycles. The van der Waals surface area contributed by atoms with E-state index in [0.29, 0.717) is 0 Å². The fourth-order valence-electron chi connectivity index (χ4n) is 5.65. The normalized spacial score (nSPS) is 12.2. The highest BCUT2D eigenvalue weighted by atomic mass is 14.7. The largest absolute Gasteiger partial charge is 0.256 e. The van der Waals surface area contributed by atoms with Crippen LogP contribution < -0.4 is 0 Å². The van der Waals surface area contributed by atoms with Crippen molar-refractivity contribution in [1.82, 2.24) is 9.97 Å². The summed E-state index contributed by atoms with van der Waals surface area (Å²) in [6.07, 6.45) is 2.84. The maximum Gasteiger partial charge on any atom is 0.0780 e. The fourth-order valence-corrected chi connectivity index (χ4v) is 5.65. The van der Waals surface area contributed by atoms with Gasteiger partial charge in [-0.05, 0) is 57.9 Å². The zero-order valence-electron chi connectivity index (χ0n) is 24.1. The number of aromatic nitrogens is 2. The number of hydrogen-bond acceptors (Lipinski definition) is 2.